The Morgan fingerprint density at radius 1 is 1.14 bits per heavy atom. The van der Waals surface area contributed by atoms with Crippen LogP contribution in [-0.4, -0.2) is 33.9 Å². The van der Waals surface area contributed by atoms with E-state index in [4.69, 9.17) is 22.1 Å². The molecule has 2 aliphatic heterocycles. The minimum absolute atomic E-state index is 0.217. The minimum Gasteiger partial charge on any atom is -0.448 e. The number of ether oxygens (including phenoxy) is 1. The zero-order valence-electron chi connectivity index (χ0n) is 15.4. The van der Waals surface area contributed by atoms with Gasteiger partial charge in [-0.25, -0.2) is 4.79 Å². The molecule has 0 bridgehead atoms. The quantitative estimate of drug-likeness (QED) is 0.584. The van der Waals surface area contributed by atoms with Crippen LogP contribution in [-0.2, 0) is 14.3 Å². The van der Waals surface area contributed by atoms with Gasteiger partial charge in [0.25, 0.3) is 0 Å². The minimum atomic E-state index is -0.608. The number of carbonyl (C=O) groups excluding carboxylic acids is 2. The average molecular weight is 427 g/mol. The second-order valence-electron chi connectivity index (χ2n) is 6.71. The SMILES string of the molecule is NC1C(=O)N2C(C(=O)OC(c3ccccc3)c3ccccc3)=C(/C=C/Cl)CSC12. The molecule has 2 heterocycles. The molecular weight excluding hydrogens is 408 g/mol. The maximum absolute atomic E-state index is 13.3. The highest BCUT2D eigenvalue weighted by Gasteiger charge is 2.52. The summed E-state index contributed by atoms with van der Waals surface area (Å²) in [6.07, 6.45) is 1.02. The number of amides is 1. The number of nitrogens with two attached hydrogens (primary N) is 1. The lowest BCUT2D eigenvalue weighted by atomic mass is 10.0. The van der Waals surface area contributed by atoms with E-state index in [2.05, 4.69) is 0 Å². The van der Waals surface area contributed by atoms with Crippen molar-refractivity contribution in [3.63, 3.8) is 0 Å². The first kappa shape index (κ1) is 19.8. The third kappa shape index (κ3) is 3.71. The number of allylic oxidation sites excluding steroid dienone is 1. The Hall–Kier alpha value is -2.54. The second-order valence-corrected chi connectivity index (χ2v) is 8.07. The first-order chi connectivity index (χ1) is 14.1. The first-order valence-corrected chi connectivity index (χ1v) is 10.6. The van der Waals surface area contributed by atoms with E-state index in [1.807, 2.05) is 60.7 Å². The zero-order valence-corrected chi connectivity index (χ0v) is 17.0. The van der Waals surface area contributed by atoms with Gasteiger partial charge in [0, 0.05) is 11.3 Å². The van der Waals surface area contributed by atoms with Gasteiger partial charge in [-0.3, -0.25) is 9.69 Å². The van der Waals surface area contributed by atoms with Crippen LogP contribution in [0.4, 0.5) is 0 Å². The Labute approximate surface area is 178 Å². The van der Waals surface area contributed by atoms with E-state index < -0.39 is 18.1 Å². The number of thioether (sulfide) groups is 1. The Morgan fingerprint density at radius 2 is 1.72 bits per heavy atom. The van der Waals surface area contributed by atoms with E-state index in [9.17, 15) is 9.59 Å². The Morgan fingerprint density at radius 3 is 2.28 bits per heavy atom. The van der Waals surface area contributed by atoms with Crippen LogP contribution in [0.3, 0.4) is 0 Å². The monoisotopic (exact) mass is 426 g/mol. The van der Waals surface area contributed by atoms with E-state index >= 15 is 0 Å². The van der Waals surface area contributed by atoms with Crippen molar-refractivity contribution in [2.45, 2.75) is 17.5 Å². The highest BCUT2D eigenvalue weighted by Crippen LogP contribution is 2.41. The van der Waals surface area contributed by atoms with E-state index in [1.165, 1.54) is 22.2 Å². The molecule has 29 heavy (non-hydrogen) atoms. The van der Waals surface area contributed by atoms with Crippen LogP contribution < -0.4 is 5.73 Å². The molecule has 1 fully saturated rings. The number of rotatable bonds is 5. The van der Waals surface area contributed by atoms with E-state index in [-0.39, 0.29) is 17.0 Å². The molecule has 0 aliphatic carbocycles. The van der Waals surface area contributed by atoms with Crippen molar-refractivity contribution < 1.29 is 14.3 Å². The molecule has 2 aromatic rings. The van der Waals surface area contributed by atoms with Crippen LogP contribution in [0.25, 0.3) is 0 Å². The molecule has 148 valence electrons. The van der Waals surface area contributed by atoms with Crippen molar-refractivity contribution >= 4 is 35.2 Å². The van der Waals surface area contributed by atoms with Gasteiger partial charge in [-0.15, -0.1) is 11.8 Å². The van der Waals surface area contributed by atoms with Gasteiger partial charge in [0.1, 0.15) is 17.1 Å². The fourth-order valence-corrected chi connectivity index (χ4v) is 4.90. The lowest BCUT2D eigenvalue weighted by molar-refractivity contribution is -0.153. The van der Waals surface area contributed by atoms with Gasteiger partial charge in [-0.1, -0.05) is 72.3 Å². The third-order valence-electron chi connectivity index (χ3n) is 4.93. The molecular formula is C22H19ClN2O3S. The number of carbonyl (C=O) groups is 2. The number of nitrogens with zero attached hydrogens (tertiary/aromatic N) is 1. The number of benzene rings is 2. The van der Waals surface area contributed by atoms with E-state index in [0.29, 0.717) is 11.3 Å². The number of hydrogen-bond donors (Lipinski definition) is 1. The van der Waals surface area contributed by atoms with Crippen LogP contribution in [0.15, 0.2) is 83.5 Å². The summed E-state index contributed by atoms with van der Waals surface area (Å²) in [5.74, 6) is -0.333. The smallest absolute Gasteiger partial charge is 0.356 e. The fraction of sp³-hybridized carbons (Fsp3) is 0.182. The van der Waals surface area contributed by atoms with Crippen LogP contribution in [0.5, 0.6) is 0 Å². The van der Waals surface area contributed by atoms with Crippen LogP contribution >= 0.6 is 23.4 Å². The molecule has 1 saturated heterocycles. The van der Waals surface area contributed by atoms with Gasteiger partial charge in [0.05, 0.1) is 0 Å². The molecule has 7 heteroatoms. The molecule has 4 rings (SSSR count). The number of fused-ring (bicyclic) bond motifs is 1. The van der Waals surface area contributed by atoms with Gasteiger partial charge < -0.3 is 10.5 Å². The summed E-state index contributed by atoms with van der Waals surface area (Å²) in [7, 11) is 0. The fourth-order valence-electron chi connectivity index (χ4n) is 3.48. The largest absolute Gasteiger partial charge is 0.448 e. The van der Waals surface area contributed by atoms with Crippen molar-refractivity contribution in [2.75, 3.05) is 5.75 Å². The molecule has 2 aromatic carbocycles. The topological polar surface area (TPSA) is 72.6 Å². The maximum atomic E-state index is 13.3. The number of β-lactam (4-membered cyclic amide) rings is 1. The summed E-state index contributed by atoms with van der Waals surface area (Å²) in [6.45, 7) is 0. The van der Waals surface area contributed by atoms with Crippen molar-refractivity contribution in [3.05, 3.63) is 94.7 Å². The van der Waals surface area contributed by atoms with Gasteiger partial charge in [-0.05, 0) is 22.8 Å². The Bertz CT molecular complexity index is 939. The Balaban J connectivity index is 1.70. The summed E-state index contributed by atoms with van der Waals surface area (Å²) >= 11 is 7.28. The molecule has 2 N–H and O–H groups in total. The molecule has 0 spiro atoms. The van der Waals surface area contributed by atoms with Gasteiger partial charge >= 0.3 is 5.97 Å². The first-order valence-electron chi connectivity index (χ1n) is 9.13. The van der Waals surface area contributed by atoms with Crippen molar-refractivity contribution in [2.24, 2.45) is 5.73 Å². The van der Waals surface area contributed by atoms with Gasteiger partial charge in [0.2, 0.25) is 5.91 Å². The summed E-state index contributed by atoms with van der Waals surface area (Å²) in [4.78, 5) is 27.1. The Kier molecular flexibility index (Phi) is 5.76. The molecule has 0 radical (unpaired) electrons. The summed E-state index contributed by atoms with van der Waals surface area (Å²) in [5.41, 5.74) is 9.79. The van der Waals surface area contributed by atoms with Crippen molar-refractivity contribution in [1.29, 1.82) is 0 Å². The lowest BCUT2D eigenvalue weighted by Crippen LogP contribution is -2.68. The molecule has 1 amide bonds. The molecule has 2 unspecified atom stereocenters. The summed E-state index contributed by atoms with van der Waals surface area (Å²) in [5, 5.41) is -0.260. The van der Waals surface area contributed by atoms with Crippen LogP contribution in [0, 0.1) is 0 Å². The third-order valence-corrected chi connectivity index (χ3v) is 6.38. The molecule has 2 atom stereocenters. The van der Waals surface area contributed by atoms with Crippen molar-refractivity contribution in [1.82, 2.24) is 4.90 Å². The van der Waals surface area contributed by atoms with E-state index in [1.54, 1.807) is 6.08 Å². The predicted molar refractivity (Wildman–Crippen MR) is 114 cm³/mol. The molecule has 5 nitrogen and oxygen atoms in total. The van der Waals surface area contributed by atoms with Crippen LogP contribution in [0.2, 0.25) is 0 Å². The predicted octanol–water partition coefficient (Wildman–Crippen LogP) is 3.57. The molecule has 0 saturated carbocycles. The normalized spacial score (nSPS) is 21.3. The lowest BCUT2D eigenvalue weighted by Gasteiger charge is -2.48. The number of halogens is 1. The number of esters is 1. The highest BCUT2D eigenvalue weighted by atomic mass is 35.5. The molecule has 2 aliphatic rings. The highest BCUT2D eigenvalue weighted by molar-refractivity contribution is 8.00. The second kappa shape index (κ2) is 8.45. The summed E-state index contributed by atoms with van der Waals surface area (Å²) in [6, 6.07) is 18.4. The maximum Gasteiger partial charge on any atom is 0.356 e. The standard InChI is InChI=1S/C22H19ClN2O3S/c23-12-11-16-13-29-21-17(24)20(26)25(21)18(16)22(27)28-19(14-7-3-1-4-8-14)15-9-5-2-6-10-15/h1-12,17,19,21H,13,24H2/b12-11+. The van der Waals surface area contributed by atoms with Gasteiger partial charge in [-0.2, -0.15) is 0 Å². The summed E-state index contributed by atoms with van der Waals surface area (Å²) < 4.78 is 5.96. The van der Waals surface area contributed by atoms with Gasteiger partial charge in [0.15, 0.2) is 6.10 Å². The van der Waals surface area contributed by atoms with Crippen molar-refractivity contribution in [3.8, 4) is 0 Å². The average Bonchev–Trinajstić information content (AvgIpc) is 2.77. The molecule has 0 aromatic heterocycles. The number of hydrogen-bond acceptors (Lipinski definition) is 5. The zero-order chi connectivity index (χ0) is 20.4. The van der Waals surface area contributed by atoms with E-state index in [0.717, 1.165) is 11.1 Å². The van der Waals surface area contributed by atoms with Crippen LogP contribution in [0.1, 0.15) is 17.2 Å².